The summed E-state index contributed by atoms with van der Waals surface area (Å²) in [7, 11) is 0. The Hall–Kier alpha value is -0.350. The maximum absolute atomic E-state index is 5.96. The highest BCUT2D eigenvalue weighted by atomic mass is 79.9. The standard InChI is InChI=1S/C14H15BrClNS/c1-9(11-3-5-13(15)6-4-11)17-10(2)12-7-14(16)18-8-12/h3-10,17H,1-2H3. The van der Waals surface area contributed by atoms with E-state index in [2.05, 4.69) is 64.7 Å². The van der Waals surface area contributed by atoms with Crippen molar-refractivity contribution in [2.45, 2.75) is 25.9 Å². The van der Waals surface area contributed by atoms with Crippen LogP contribution in [-0.4, -0.2) is 0 Å². The number of halogens is 2. The molecular weight excluding hydrogens is 330 g/mol. The molecule has 0 saturated carbocycles. The second-order valence-electron chi connectivity index (χ2n) is 4.35. The van der Waals surface area contributed by atoms with E-state index in [4.69, 9.17) is 11.6 Å². The Bertz CT molecular complexity index is 509. The molecule has 0 aliphatic rings. The first-order valence-corrected chi connectivity index (χ1v) is 7.87. The maximum Gasteiger partial charge on any atom is 0.0931 e. The molecule has 0 radical (unpaired) electrons. The molecule has 1 aromatic carbocycles. The first-order chi connectivity index (χ1) is 8.56. The molecule has 1 aromatic heterocycles. The highest BCUT2D eigenvalue weighted by Crippen LogP contribution is 2.26. The van der Waals surface area contributed by atoms with E-state index in [0.29, 0.717) is 12.1 Å². The molecule has 2 rings (SSSR count). The zero-order chi connectivity index (χ0) is 13.1. The van der Waals surface area contributed by atoms with Crippen LogP contribution in [0.2, 0.25) is 4.34 Å². The third-order valence-corrected chi connectivity index (χ3v) is 4.60. The molecule has 0 saturated heterocycles. The molecule has 0 fully saturated rings. The molecule has 2 unspecified atom stereocenters. The van der Waals surface area contributed by atoms with Gasteiger partial charge in [0, 0.05) is 16.6 Å². The van der Waals surface area contributed by atoms with Crippen LogP contribution in [0.15, 0.2) is 40.2 Å². The summed E-state index contributed by atoms with van der Waals surface area (Å²) >= 11 is 11.0. The van der Waals surface area contributed by atoms with Crippen molar-refractivity contribution in [2.24, 2.45) is 0 Å². The van der Waals surface area contributed by atoms with Gasteiger partial charge in [-0.05, 0) is 48.6 Å². The van der Waals surface area contributed by atoms with Gasteiger partial charge in [-0.25, -0.2) is 0 Å². The highest BCUT2D eigenvalue weighted by Gasteiger charge is 2.12. The molecule has 1 nitrogen and oxygen atoms in total. The van der Waals surface area contributed by atoms with Crippen LogP contribution in [0.4, 0.5) is 0 Å². The lowest BCUT2D eigenvalue weighted by molar-refractivity contribution is 0.495. The van der Waals surface area contributed by atoms with Gasteiger partial charge in [0.05, 0.1) is 4.34 Å². The summed E-state index contributed by atoms with van der Waals surface area (Å²) in [5.41, 5.74) is 2.53. The molecule has 0 spiro atoms. The minimum absolute atomic E-state index is 0.299. The third-order valence-electron chi connectivity index (χ3n) is 2.96. The molecule has 18 heavy (non-hydrogen) atoms. The van der Waals surface area contributed by atoms with E-state index in [1.54, 1.807) is 11.3 Å². The van der Waals surface area contributed by atoms with Gasteiger partial charge in [-0.2, -0.15) is 0 Å². The van der Waals surface area contributed by atoms with Crippen LogP contribution in [0.5, 0.6) is 0 Å². The molecule has 1 N–H and O–H groups in total. The van der Waals surface area contributed by atoms with Crippen LogP contribution in [0.3, 0.4) is 0 Å². The quantitative estimate of drug-likeness (QED) is 0.764. The maximum atomic E-state index is 5.96. The summed E-state index contributed by atoms with van der Waals surface area (Å²) < 4.78 is 1.95. The predicted molar refractivity (Wildman–Crippen MR) is 83.4 cm³/mol. The Morgan fingerprint density at radius 2 is 1.72 bits per heavy atom. The minimum atomic E-state index is 0.299. The van der Waals surface area contributed by atoms with Gasteiger partial charge < -0.3 is 5.32 Å². The smallest absolute Gasteiger partial charge is 0.0931 e. The molecule has 0 bridgehead atoms. The van der Waals surface area contributed by atoms with Crippen LogP contribution in [0.25, 0.3) is 0 Å². The van der Waals surface area contributed by atoms with Gasteiger partial charge in [-0.1, -0.05) is 39.7 Å². The van der Waals surface area contributed by atoms with Gasteiger partial charge in [0.2, 0.25) is 0 Å². The van der Waals surface area contributed by atoms with Gasteiger partial charge >= 0.3 is 0 Å². The third kappa shape index (κ3) is 3.58. The molecule has 0 amide bonds. The predicted octanol–water partition coefficient (Wildman–Crippen LogP) is 5.58. The highest BCUT2D eigenvalue weighted by molar-refractivity contribution is 9.10. The second-order valence-corrected chi connectivity index (χ2v) is 6.80. The first kappa shape index (κ1) is 14.1. The monoisotopic (exact) mass is 343 g/mol. The average molecular weight is 345 g/mol. The number of nitrogens with one attached hydrogen (secondary N) is 1. The van der Waals surface area contributed by atoms with Crippen molar-refractivity contribution in [1.82, 2.24) is 5.32 Å². The second kappa shape index (κ2) is 6.20. The summed E-state index contributed by atoms with van der Waals surface area (Å²) in [6, 6.07) is 11.0. The first-order valence-electron chi connectivity index (χ1n) is 5.81. The van der Waals surface area contributed by atoms with E-state index in [1.165, 1.54) is 11.1 Å². The van der Waals surface area contributed by atoms with Crippen molar-refractivity contribution < 1.29 is 0 Å². The van der Waals surface area contributed by atoms with E-state index >= 15 is 0 Å². The number of rotatable bonds is 4. The number of hydrogen-bond donors (Lipinski definition) is 1. The molecule has 2 atom stereocenters. The van der Waals surface area contributed by atoms with Gasteiger partial charge in [-0.15, -0.1) is 11.3 Å². The molecular formula is C14H15BrClNS. The van der Waals surface area contributed by atoms with Crippen molar-refractivity contribution >= 4 is 38.9 Å². The Labute approximate surface area is 125 Å². The van der Waals surface area contributed by atoms with Crippen molar-refractivity contribution in [1.29, 1.82) is 0 Å². The fraction of sp³-hybridized carbons (Fsp3) is 0.286. The zero-order valence-corrected chi connectivity index (χ0v) is 13.4. The Morgan fingerprint density at radius 1 is 1.11 bits per heavy atom. The summed E-state index contributed by atoms with van der Waals surface area (Å²) in [6.45, 7) is 4.33. The fourth-order valence-corrected chi connectivity index (χ4v) is 3.12. The number of thiophene rings is 1. The largest absolute Gasteiger partial charge is 0.304 e. The van der Waals surface area contributed by atoms with Crippen molar-refractivity contribution in [3.05, 3.63) is 55.6 Å². The van der Waals surface area contributed by atoms with E-state index in [9.17, 15) is 0 Å². The molecule has 4 heteroatoms. The minimum Gasteiger partial charge on any atom is -0.304 e. The van der Waals surface area contributed by atoms with Gasteiger partial charge in [0.25, 0.3) is 0 Å². The van der Waals surface area contributed by atoms with E-state index in [0.717, 1.165) is 8.81 Å². The molecule has 0 aliphatic carbocycles. The van der Waals surface area contributed by atoms with Crippen LogP contribution >= 0.6 is 38.9 Å². The molecule has 1 heterocycles. The number of hydrogen-bond acceptors (Lipinski definition) is 2. The van der Waals surface area contributed by atoms with E-state index < -0.39 is 0 Å². The lowest BCUT2D eigenvalue weighted by Crippen LogP contribution is -2.22. The Balaban J connectivity index is 2.02. The van der Waals surface area contributed by atoms with E-state index in [-0.39, 0.29) is 0 Å². The lowest BCUT2D eigenvalue weighted by Gasteiger charge is -2.19. The molecule has 96 valence electrons. The molecule has 0 aliphatic heterocycles. The normalized spacial score (nSPS) is 14.4. The summed E-state index contributed by atoms with van der Waals surface area (Å²) in [5.74, 6) is 0. The summed E-state index contributed by atoms with van der Waals surface area (Å²) in [5, 5.41) is 5.68. The van der Waals surface area contributed by atoms with Crippen molar-refractivity contribution in [2.75, 3.05) is 0 Å². The van der Waals surface area contributed by atoms with E-state index in [1.807, 2.05) is 6.07 Å². The van der Waals surface area contributed by atoms with Crippen LogP contribution in [0, 0.1) is 0 Å². The van der Waals surface area contributed by atoms with Crippen LogP contribution in [-0.2, 0) is 0 Å². The Morgan fingerprint density at radius 3 is 2.28 bits per heavy atom. The van der Waals surface area contributed by atoms with Crippen molar-refractivity contribution in [3.63, 3.8) is 0 Å². The SMILES string of the molecule is CC(NC(C)c1csc(Cl)c1)c1ccc(Br)cc1. The van der Waals surface area contributed by atoms with Gasteiger partial charge in [0.1, 0.15) is 0 Å². The summed E-state index contributed by atoms with van der Waals surface area (Å²) in [4.78, 5) is 0. The fourth-order valence-electron chi connectivity index (χ4n) is 1.87. The van der Waals surface area contributed by atoms with Crippen LogP contribution in [0.1, 0.15) is 37.1 Å². The number of benzene rings is 1. The van der Waals surface area contributed by atoms with Gasteiger partial charge in [-0.3, -0.25) is 0 Å². The topological polar surface area (TPSA) is 12.0 Å². The zero-order valence-electron chi connectivity index (χ0n) is 10.3. The lowest BCUT2D eigenvalue weighted by atomic mass is 10.1. The Kier molecular flexibility index (Phi) is 4.84. The summed E-state index contributed by atoms with van der Waals surface area (Å²) in [6.07, 6.45) is 0. The molecule has 2 aromatic rings. The van der Waals surface area contributed by atoms with Crippen LogP contribution < -0.4 is 5.32 Å². The van der Waals surface area contributed by atoms with Gasteiger partial charge in [0.15, 0.2) is 0 Å². The average Bonchev–Trinajstić information content (AvgIpc) is 2.76. The van der Waals surface area contributed by atoms with Crippen molar-refractivity contribution in [3.8, 4) is 0 Å².